The van der Waals surface area contributed by atoms with E-state index in [2.05, 4.69) is 12.2 Å². The highest BCUT2D eigenvalue weighted by Gasteiger charge is 2.29. The first kappa shape index (κ1) is 14.5. The van der Waals surface area contributed by atoms with E-state index < -0.39 is 0 Å². The van der Waals surface area contributed by atoms with E-state index in [-0.39, 0.29) is 18.1 Å². The fourth-order valence-corrected chi connectivity index (χ4v) is 2.39. The van der Waals surface area contributed by atoms with E-state index in [0.717, 1.165) is 6.42 Å². The van der Waals surface area contributed by atoms with Crippen molar-refractivity contribution < 1.29 is 14.3 Å². The third-order valence-corrected chi connectivity index (χ3v) is 3.35. The second-order valence-corrected chi connectivity index (χ2v) is 4.60. The molecule has 4 nitrogen and oxygen atoms in total. The van der Waals surface area contributed by atoms with Crippen LogP contribution in [0.4, 0.5) is 0 Å². The molecule has 0 heterocycles. The van der Waals surface area contributed by atoms with Gasteiger partial charge in [0.15, 0.2) is 6.29 Å². The minimum Gasteiger partial charge on any atom is -0.351 e. The van der Waals surface area contributed by atoms with Crippen LogP contribution in [0.25, 0.3) is 0 Å². The third kappa shape index (κ3) is 4.64. The van der Waals surface area contributed by atoms with Crippen molar-refractivity contribution in [3.05, 3.63) is 0 Å². The summed E-state index contributed by atoms with van der Waals surface area (Å²) in [6, 6.07) is 0. The number of amides is 1. The highest BCUT2D eigenvalue weighted by atomic mass is 16.7. The van der Waals surface area contributed by atoms with E-state index in [4.69, 9.17) is 9.47 Å². The summed E-state index contributed by atoms with van der Waals surface area (Å²) in [6.45, 7) is 7.64. The van der Waals surface area contributed by atoms with Gasteiger partial charge >= 0.3 is 0 Å². The lowest BCUT2D eigenvalue weighted by Gasteiger charge is -2.20. The summed E-state index contributed by atoms with van der Waals surface area (Å²) in [5, 5.41) is 2.94. The van der Waals surface area contributed by atoms with E-state index in [1.54, 1.807) is 0 Å². The summed E-state index contributed by atoms with van der Waals surface area (Å²) in [6.07, 6.45) is 3.03. The molecule has 100 valence electrons. The summed E-state index contributed by atoms with van der Waals surface area (Å²) < 4.78 is 10.8. The Morgan fingerprint density at radius 1 is 1.29 bits per heavy atom. The first-order valence-electron chi connectivity index (χ1n) is 6.69. The molecule has 2 atom stereocenters. The zero-order valence-corrected chi connectivity index (χ0v) is 11.2. The van der Waals surface area contributed by atoms with Crippen molar-refractivity contribution in [1.82, 2.24) is 5.32 Å². The lowest BCUT2D eigenvalue weighted by Crippen LogP contribution is -2.39. The zero-order chi connectivity index (χ0) is 12.7. The van der Waals surface area contributed by atoms with E-state index >= 15 is 0 Å². The molecule has 1 saturated carbocycles. The van der Waals surface area contributed by atoms with Gasteiger partial charge in [-0.3, -0.25) is 4.79 Å². The fraction of sp³-hybridized carbons (Fsp3) is 0.923. The standard InChI is InChI=1S/C13H25NO3/c1-4-16-12(17-5-2)9-14-13(15)11-8-6-7-10(11)3/h10-12H,4-9H2,1-3H3,(H,14,15). The number of nitrogens with one attached hydrogen (secondary N) is 1. The quantitative estimate of drug-likeness (QED) is 0.695. The summed E-state index contributed by atoms with van der Waals surface area (Å²) >= 11 is 0. The molecule has 0 bridgehead atoms. The maximum absolute atomic E-state index is 11.9. The summed E-state index contributed by atoms with van der Waals surface area (Å²) in [4.78, 5) is 11.9. The van der Waals surface area contributed by atoms with Gasteiger partial charge in [-0.2, -0.15) is 0 Å². The maximum atomic E-state index is 11.9. The number of ether oxygens (including phenoxy) is 2. The molecule has 4 heteroatoms. The summed E-state index contributed by atoms with van der Waals surface area (Å²) in [7, 11) is 0. The maximum Gasteiger partial charge on any atom is 0.223 e. The largest absolute Gasteiger partial charge is 0.351 e. The summed E-state index contributed by atoms with van der Waals surface area (Å²) in [5.41, 5.74) is 0. The van der Waals surface area contributed by atoms with E-state index in [0.29, 0.717) is 25.7 Å². The molecular formula is C13H25NO3. The highest BCUT2D eigenvalue weighted by molar-refractivity contribution is 5.79. The molecule has 0 spiro atoms. The Morgan fingerprint density at radius 2 is 1.94 bits per heavy atom. The van der Waals surface area contributed by atoms with Gasteiger partial charge in [0.2, 0.25) is 5.91 Å². The van der Waals surface area contributed by atoms with Crippen molar-refractivity contribution in [2.75, 3.05) is 19.8 Å². The number of hydrogen-bond acceptors (Lipinski definition) is 3. The Balaban J connectivity index is 2.29. The van der Waals surface area contributed by atoms with Gasteiger partial charge in [0.1, 0.15) is 0 Å². The number of hydrogen-bond donors (Lipinski definition) is 1. The van der Waals surface area contributed by atoms with Crippen LogP contribution in [0.1, 0.15) is 40.0 Å². The molecule has 1 N–H and O–H groups in total. The minimum absolute atomic E-state index is 0.152. The lowest BCUT2D eigenvalue weighted by atomic mass is 9.97. The fourth-order valence-electron chi connectivity index (χ4n) is 2.39. The van der Waals surface area contributed by atoms with Gasteiger partial charge in [0.05, 0.1) is 6.54 Å². The third-order valence-electron chi connectivity index (χ3n) is 3.35. The van der Waals surface area contributed by atoms with Crippen LogP contribution in [0.5, 0.6) is 0 Å². The Bertz CT molecular complexity index is 227. The topological polar surface area (TPSA) is 47.6 Å². The first-order valence-corrected chi connectivity index (χ1v) is 6.69. The van der Waals surface area contributed by atoms with Crippen molar-refractivity contribution in [3.8, 4) is 0 Å². The Morgan fingerprint density at radius 3 is 2.41 bits per heavy atom. The predicted octanol–water partition coefficient (Wildman–Crippen LogP) is 1.94. The normalized spacial score (nSPS) is 24.2. The van der Waals surface area contributed by atoms with Gasteiger partial charge in [-0.25, -0.2) is 0 Å². The Kier molecular flexibility index (Phi) is 6.52. The monoisotopic (exact) mass is 243 g/mol. The molecule has 0 aromatic heterocycles. The number of carbonyl (C=O) groups excluding carboxylic acids is 1. The van der Waals surface area contributed by atoms with Gasteiger partial charge in [0.25, 0.3) is 0 Å². The van der Waals surface area contributed by atoms with Gasteiger partial charge in [-0.05, 0) is 32.6 Å². The molecule has 1 amide bonds. The molecular weight excluding hydrogens is 218 g/mol. The van der Waals surface area contributed by atoms with Crippen molar-refractivity contribution in [2.24, 2.45) is 11.8 Å². The second kappa shape index (κ2) is 7.67. The average molecular weight is 243 g/mol. The lowest BCUT2D eigenvalue weighted by molar-refractivity contribution is -0.142. The van der Waals surface area contributed by atoms with Crippen molar-refractivity contribution in [1.29, 1.82) is 0 Å². The van der Waals surface area contributed by atoms with Gasteiger partial charge in [-0.15, -0.1) is 0 Å². The molecule has 0 aromatic carbocycles. The first-order chi connectivity index (χ1) is 8.19. The second-order valence-electron chi connectivity index (χ2n) is 4.60. The van der Waals surface area contributed by atoms with Crippen LogP contribution in [0.2, 0.25) is 0 Å². The molecule has 0 saturated heterocycles. The zero-order valence-electron chi connectivity index (χ0n) is 11.2. The van der Waals surface area contributed by atoms with Crippen LogP contribution >= 0.6 is 0 Å². The van der Waals surface area contributed by atoms with Crippen LogP contribution in [-0.4, -0.2) is 32.0 Å². The van der Waals surface area contributed by atoms with Crippen LogP contribution in [0.15, 0.2) is 0 Å². The van der Waals surface area contributed by atoms with Crippen molar-refractivity contribution in [3.63, 3.8) is 0 Å². The average Bonchev–Trinajstić information content (AvgIpc) is 2.72. The SMILES string of the molecule is CCOC(CNC(=O)C1CCCC1C)OCC. The molecule has 0 aliphatic heterocycles. The van der Waals surface area contributed by atoms with Crippen LogP contribution in [-0.2, 0) is 14.3 Å². The predicted molar refractivity (Wildman–Crippen MR) is 66.6 cm³/mol. The molecule has 1 aliphatic carbocycles. The van der Waals surface area contributed by atoms with Crippen molar-refractivity contribution >= 4 is 5.91 Å². The number of carbonyl (C=O) groups is 1. The smallest absolute Gasteiger partial charge is 0.223 e. The Hall–Kier alpha value is -0.610. The minimum atomic E-state index is -0.314. The van der Waals surface area contributed by atoms with Crippen LogP contribution in [0, 0.1) is 11.8 Å². The molecule has 17 heavy (non-hydrogen) atoms. The van der Waals surface area contributed by atoms with Crippen LogP contribution < -0.4 is 5.32 Å². The molecule has 1 fully saturated rings. The van der Waals surface area contributed by atoms with Crippen molar-refractivity contribution in [2.45, 2.75) is 46.3 Å². The summed E-state index contributed by atoms with van der Waals surface area (Å²) in [5.74, 6) is 0.839. The van der Waals surface area contributed by atoms with Gasteiger partial charge in [-0.1, -0.05) is 13.3 Å². The van der Waals surface area contributed by atoms with Gasteiger partial charge in [0, 0.05) is 19.1 Å². The van der Waals surface area contributed by atoms with E-state index in [9.17, 15) is 4.79 Å². The van der Waals surface area contributed by atoms with E-state index in [1.807, 2.05) is 13.8 Å². The van der Waals surface area contributed by atoms with Gasteiger partial charge < -0.3 is 14.8 Å². The molecule has 2 unspecified atom stereocenters. The molecule has 0 aromatic rings. The van der Waals surface area contributed by atoms with E-state index in [1.165, 1.54) is 12.8 Å². The highest BCUT2D eigenvalue weighted by Crippen LogP contribution is 2.31. The molecule has 1 aliphatic rings. The number of rotatable bonds is 7. The van der Waals surface area contributed by atoms with Crippen LogP contribution in [0.3, 0.4) is 0 Å². The Labute approximate surface area is 104 Å². The molecule has 1 rings (SSSR count). The molecule has 0 radical (unpaired) electrons.